The van der Waals surface area contributed by atoms with Crippen molar-refractivity contribution in [2.45, 2.75) is 20.8 Å². The molecule has 1 heterocycles. The molecule has 1 aromatic heterocycles. The summed E-state index contributed by atoms with van der Waals surface area (Å²) in [4.78, 5) is 26.9. The number of nitrogens with zero attached hydrogens (tertiary/aromatic N) is 1. The number of rotatable bonds is 3. The van der Waals surface area contributed by atoms with Crippen LogP contribution in [0.3, 0.4) is 0 Å². The first kappa shape index (κ1) is 13.2. The van der Waals surface area contributed by atoms with E-state index in [-0.39, 0.29) is 18.4 Å². The lowest BCUT2D eigenvalue weighted by atomic mass is 9.96. The van der Waals surface area contributed by atoms with Crippen molar-refractivity contribution in [3.63, 3.8) is 0 Å². The summed E-state index contributed by atoms with van der Waals surface area (Å²) < 4.78 is 0. The van der Waals surface area contributed by atoms with Crippen LogP contribution < -0.4 is 10.6 Å². The van der Waals surface area contributed by atoms with E-state index in [2.05, 4.69) is 15.6 Å². The van der Waals surface area contributed by atoms with Crippen LogP contribution in [0.2, 0.25) is 0 Å². The number of hydrogen-bond donors (Lipinski definition) is 2. The Balaban J connectivity index is 2.39. The minimum Gasteiger partial charge on any atom is -0.347 e. The van der Waals surface area contributed by atoms with Crippen LogP contribution in [0.15, 0.2) is 24.4 Å². The van der Waals surface area contributed by atoms with Crippen LogP contribution in [-0.4, -0.2) is 23.3 Å². The van der Waals surface area contributed by atoms with Gasteiger partial charge in [0, 0.05) is 11.6 Å². The molecule has 0 aliphatic carbocycles. The van der Waals surface area contributed by atoms with E-state index >= 15 is 0 Å². The van der Waals surface area contributed by atoms with Crippen LogP contribution in [0.4, 0.5) is 5.82 Å². The summed E-state index contributed by atoms with van der Waals surface area (Å²) >= 11 is 0. The average molecular weight is 235 g/mol. The van der Waals surface area contributed by atoms with Crippen LogP contribution in [0.25, 0.3) is 0 Å². The van der Waals surface area contributed by atoms with Gasteiger partial charge in [-0.15, -0.1) is 0 Å². The molecule has 0 unspecified atom stereocenters. The molecule has 2 amide bonds. The molecule has 1 aromatic rings. The number of amides is 2. The maximum absolute atomic E-state index is 11.5. The number of aromatic nitrogens is 1. The van der Waals surface area contributed by atoms with Crippen molar-refractivity contribution in [1.29, 1.82) is 0 Å². The van der Waals surface area contributed by atoms with Gasteiger partial charge in [-0.25, -0.2) is 4.98 Å². The second-order valence-corrected chi connectivity index (χ2v) is 4.70. The third-order valence-electron chi connectivity index (χ3n) is 2.02. The predicted molar refractivity (Wildman–Crippen MR) is 65.3 cm³/mol. The highest BCUT2D eigenvalue weighted by atomic mass is 16.2. The summed E-state index contributed by atoms with van der Waals surface area (Å²) in [5, 5.41) is 5.15. The Kier molecular flexibility index (Phi) is 4.20. The van der Waals surface area contributed by atoms with E-state index in [4.69, 9.17) is 0 Å². The molecule has 0 radical (unpaired) electrons. The molecule has 5 heteroatoms. The van der Waals surface area contributed by atoms with Crippen molar-refractivity contribution in [2.75, 3.05) is 11.9 Å². The predicted octanol–water partition coefficient (Wildman–Crippen LogP) is 1.18. The van der Waals surface area contributed by atoms with E-state index in [9.17, 15) is 9.59 Å². The third-order valence-corrected chi connectivity index (χ3v) is 2.02. The fourth-order valence-corrected chi connectivity index (χ4v) is 1.05. The van der Waals surface area contributed by atoms with E-state index in [0.29, 0.717) is 5.82 Å². The zero-order chi connectivity index (χ0) is 12.9. The minimum atomic E-state index is -0.495. The summed E-state index contributed by atoms with van der Waals surface area (Å²) in [5.74, 6) is 0.0254. The molecule has 0 spiro atoms. The summed E-state index contributed by atoms with van der Waals surface area (Å²) in [7, 11) is 0. The minimum absolute atomic E-state index is 0.0489. The lowest BCUT2D eigenvalue weighted by Gasteiger charge is -2.17. The van der Waals surface area contributed by atoms with Crippen molar-refractivity contribution in [3.8, 4) is 0 Å². The van der Waals surface area contributed by atoms with Gasteiger partial charge in [0.1, 0.15) is 5.82 Å². The first-order valence-corrected chi connectivity index (χ1v) is 5.39. The zero-order valence-corrected chi connectivity index (χ0v) is 10.3. The van der Waals surface area contributed by atoms with Crippen molar-refractivity contribution in [3.05, 3.63) is 24.4 Å². The summed E-state index contributed by atoms with van der Waals surface area (Å²) in [6.07, 6.45) is 1.59. The summed E-state index contributed by atoms with van der Waals surface area (Å²) in [6.45, 7) is 5.32. The van der Waals surface area contributed by atoms with E-state index in [1.165, 1.54) is 0 Å². The van der Waals surface area contributed by atoms with Crippen LogP contribution >= 0.6 is 0 Å². The molecule has 0 aliphatic heterocycles. The zero-order valence-electron chi connectivity index (χ0n) is 10.3. The molecule has 92 valence electrons. The Morgan fingerprint density at radius 3 is 2.53 bits per heavy atom. The quantitative estimate of drug-likeness (QED) is 0.826. The molecule has 17 heavy (non-hydrogen) atoms. The number of carbonyl (C=O) groups excluding carboxylic acids is 2. The molecule has 1 rings (SSSR count). The van der Waals surface area contributed by atoms with Gasteiger partial charge in [-0.05, 0) is 12.1 Å². The fourth-order valence-electron chi connectivity index (χ4n) is 1.05. The highest BCUT2D eigenvalue weighted by Crippen LogP contribution is 2.11. The first-order chi connectivity index (χ1) is 7.89. The lowest BCUT2D eigenvalue weighted by molar-refractivity contribution is -0.130. The number of hydrogen-bond acceptors (Lipinski definition) is 3. The van der Waals surface area contributed by atoms with Crippen LogP contribution in [0.1, 0.15) is 20.8 Å². The second-order valence-electron chi connectivity index (χ2n) is 4.70. The molecular formula is C12H17N3O2. The first-order valence-electron chi connectivity index (χ1n) is 5.39. The Morgan fingerprint density at radius 2 is 2.00 bits per heavy atom. The maximum Gasteiger partial charge on any atom is 0.244 e. The Hall–Kier alpha value is -1.91. The van der Waals surface area contributed by atoms with Crippen molar-refractivity contribution in [1.82, 2.24) is 10.3 Å². The molecular weight excluding hydrogens is 218 g/mol. The molecule has 0 saturated carbocycles. The van der Waals surface area contributed by atoms with Gasteiger partial charge in [-0.3, -0.25) is 9.59 Å². The van der Waals surface area contributed by atoms with Gasteiger partial charge >= 0.3 is 0 Å². The van der Waals surface area contributed by atoms with E-state index in [1.54, 1.807) is 45.2 Å². The van der Waals surface area contributed by atoms with Gasteiger partial charge in [0.2, 0.25) is 11.8 Å². The Labute approximate surface area is 101 Å². The molecule has 0 saturated heterocycles. The standard InChI is InChI=1S/C12H17N3O2/c1-12(2,3)11(17)14-8-10(16)15-9-6-4-5-7-13-9/h4-7H,8H2,1-3H3,(H,14,17)(H,13,15,16). The fraction of sp³-hybridized carbons (Fsp3) is 0.417. The molecule has 0 fully saturated rings. The normalized spacial score (nSPS) is 10.8. The molecule has 0 aliphatic rings. The molecule has 0 aromatic carbocycles. The van der Waals surface area contributed by atoms with Gasteiger partial charge in [0.05, 0.1) is 6.54 Å². The van der Waals surface area contributed by atoms with E-state index in [1.807, 2.05) is 0 Å². The monoisotopic (exact) mass is 235 g/mol. The largest absolute Gasteiger partial charge is 0.347 e. The molecule has 2 N–H and O–H groups in total. The number of carbonyl (C=O) groups is 2. The van der Waals surface area contributed by atoms with Crippen molar-refractivity contribution < 1.29 is 9.59 Å². The highest BCUT2D eigenvalue weighted by molar-refractivity contribution is 5.94. The van der Waals surface area contributed by atoms with Crippen LogP contribution in [0, 0.1) is 5.41 Å². The van der Waals surface area contributed by atoms with Crippen molar-refractivity contribution in [2.24, 2.45) is 5.41 Å². The van der Waals surface area contributed by atoms with E-state index < -0.39 is 5.41 Å². The summed E-state index contributed by atoms with van der Waals surface area (Å²) in [5.41, 5.74) is -0.495. The SMILES string of the molecule is CC(C)(C)C(=O)NCC(=O)Nc1ccccn1. The topological polar surface area (TPSA) is 71.1 Å². The Morgan fingerprint density at radius 1 is 1.29 bits per heavy atom. The number of nitrogens with one attached hydrogen (secondary N) is 2. The van der Waals surface area contributed by atoms with Crippen LogP contribution in [-0.2, 0) is 9.59 Å². The maximum atomic E-state index is 11.5. The van der Waals surface area contributed by atoms with Gasteiger partial charge in [0.15, 0.2) is 0 Å². The average Bonchev–Trinajstić information content (AvgIpc) is 2.26. The molecule has 0 bridgehead atoms. The molecule has 0 atom stereocenters. The van der Waals surface area contributed by atoms with Gasteiger partial charge in [-0.2, -0.15) is 0 Å². The highest BCUT2D eigenvalue weighted by Gasteiger charge is 2.21. The smallest absolute Gasteiger partial charge is 0.244 e. The lowest BCUT2D eigenvalue weighted by Crippen LogP contribution is -2.39. The van der Waals surface area contributed by atoms with Crippen LogP contribution in [0.5, 0.6) is 0 Å². The van der Waals surface area contributed by atoms with Gasteiger partial charge < -0.3 is 10.6 Å². The molecule has 5 nitrogen and oxygen atoms in total. The Bertz CT molecular complexity index is 396. The number of pyridine rings is 1. The van der Waals surface area contributed by atoms with E-state index in [0.717, 1.165) is 0 Å². The third kappa shape index (κ3) is 4.63. The van der Waals surface area contributed by atoms with Crippen molar-refractivity contribution >= 4 is 17.6 Å². The number of anilines is 1. The van der Waals surface area contributed by atoms with Gasteiger partial charge in [0.25, 0.3) is 0 Å². The second kappa shape index (κ2) is 5.43. The van der Waals surface area contributed by atoms with Gasteiger partial charge in [-0.1, -0.05) is 26.8 Å². The summed E-state index contributed by atoms with van der Waals surface area (Å²) in [6, 6.07) is 5.22.